The van der Waals surface area contributed by atoms with Crippen molar-refractivity contribution in [1.82, 2.24) is 0 Å². The zero-order valence-corrected chi connectivity index (χ0v) is 5.30. The molecule has 1 N–H and O–H groups in total. The monoisotopic (exact) mass is 120 g/mol. The van der Waals surface area contributed by atoms with Crippen LogP contribution in [0.1, 0.15) is 0 Å². The van der Waals surface area contributed by atoms with Gasteiger partial charge in [0.05, 0.1) is 0 Å². The second-order valence-corrected chi connectivity index (χ2v) is 1.79. The van der Waals surface area contributed by atoms with Crippen molar-refractivity contribution in [1.29, 1.82) is 0 Å². The topological polar surface area (TPSA) is 12.0 Å². The van der Waals surface area contributed by atoms with E-state index in [0.29, 0.717) is 0 Å². The number of nitrogens with one attached hydrogen (secondary N) is 1. The van der Waals surface area contributed by atoms with Gasteiger partial charge >= 0.3 is 0 Å². The maximum Gasteiger partial charge on any atom is 0.0340 e. The molecule has 0 aromatic heterocycles. The summed E-state index contributed by atoms with van der Waals surface area (Å²) in [4.78, 5) is 0. The van der Waals surface area contributed by atoms with Crippen LogP contribution in [-0.2, 0) is 0 Å². The van der Waals surface area contributed by atoms with Crippen molar-refractivity contribution in [3.05, 3.63) is 37.3 Å². The predicted octanol–water partition coefficient (Wildman–Crippen LogP) is 1.93. The van der Waals surface area contributed by atoms with Crippen molar-refractivity contribution in [2.24, 2.45) is 0 Å². The molecular weight excluding hydrogens is 110 g/mol. The first-order valence-corrected chi connectivity index (χ1v) is 3.01. The Morgan fingerprint density at radius 1 is 1.22 bits per heavy atom. The fourth-order valence-electron chi connectivity index (χ4n) is 0.700. The minimum absolute atomic E-state index is 0.740. The summed E-state index contributed by atoms with van der Waals surface area (Å²) in [6.45, 7) is 4.41. The zero-order valence-electron chi connectivity index (χ0n) is 5.30. The Balaban J connectivity index is 2.61. The Labute approximate surface area is 55.7 Å². The van der Waals surface area contributed by atoms with Gasteiger partial charge in [-0.15, -0.1) is 0 Å². The SMILES string of the molecule is [CH2]CNc1ccccc1. The maximum atomic E-state index is 3.67. The molecule has 47 valence electrons. The Morgan fingerprint density at radius 3 is 2.44 bits per heavy atom. The van der Waals surface area contributed by atoms with Crippen LogP contribution in [0.2, 0.25) is 0 Å². The summed E-state index contributed by atoms with van der Waals surface area (Å²) < 4.78 is 0. The highest BCUT2D eigenvalue weighted by Gasteiger charge is 1.81. The van der Waals surface area contributed by atoms with E-state index in [1.54, 1.807) is 0 Å². The summed E-state index contributed by atoms with van der Waals surface area (Å²) in [7, 11) is 0. The summed E-state index contributed by atoms with van der Waals surface area (Å²) in [6.07, 6.45) is 0. The zero-order chi connectivity index (χ0) is 6.53. The van der Waals surface area contributed by atoms with Crippen LogP contribution in [0.25, 0.3) is 0 Å². The molecule has 1 rings (SSSR count). The molecular formula is C8H10N. The fraction of sp³-hybridized carbons (Fsp3) is 0.125. The first-order chi connectivity index (χ1) is 4.43. The summed E-state index contributed by atoms with van der Waals surface area (Å²) >= 11 is 0. The molecule has 1 nitrogen and oxygen atoms in total. The summed E-state index contributed by atoms with van der Waals surface area (Å²) in [5, 5.41) is 3.10. The molecule has 0 saturated carbocycles. The lowest BCUT2D eigenvalue weighted by Gasteiger charge is -1.99. The molecule has 1 aromatic rings. The summed E-state index contributed by atoms with van der Waals surface area (Å²) in [5.74, 6) is 0. The lowest BCUT2D eigenvalue weighted by Crippen LogP contribution is -1.94. The van der Waals surface area contributed by atoms with Gasteiger partial charge in [0.1, 0.15) is 0 Å². The smallest absolute Gasteiger partial charge is 0.0340 e. The van der Waals surface area contributed by atoms with Crippen molar-refractivity contribution in [2.75, 3.05) is 11.9 Å². The predicted molar refractivity (Wildman–Crippen MR) is 40.3 cm³/mol. The Morgan fingerprint density at radius 2 is 1.89 bits per heavy atom. The van der Waals surface area contributed by atoms with Crippen LogP contribution in [0.15, 0.2) is 30.3 Å². The quantitative estimate of drug-likeness (QED) is 0.628. The largest absolute Gasteiger partial charge is 0.385 e. The van der Waals surface area contributed by atoms with Crippen molar-refractivity contribution >= 4 is 5.69 Å². The van der Waals surface area contributed by atoms with E-state index < -0.39 is 0 Å². The molecule has 0 aliphatic heterocycles. The van der Waals surface area contributed by atoms with Gasteiger partial charge in [-0.3, -0.25) is 0 Å². The Kier molecular flexibility index (Phi) is 2.13. The molecule has 0 bridgehead atoms. The van der Waals surface area contributed by atoms with E-state index in [4.69, 9.17) is 0 Å². The highest BCUT2D eigenvalue weighted by Crippen LogP contribution is 2.02. The summed E-state index contributed by atoms with van der Waals surface area (Å²) in [5.41, 5.74) is 1.13. The van der Waals surface area contributed by atoms with Crippen molar-refractivity contribution < 1.29 is 0 Å². The van der Waals surface area contributed by atoms with E-state index in [2.05, 4.69) is 12.2 Å². The molecule has 0 spiro atoms. The average Bonchev–Trinajstić information content (AvgIpc) is 1.91. The van der Waals surface area contributed by atoms with Crippen LogP contribution >= 0.6 is 0 Å². The molecule has 1 heteroatoms. The standard InChI is InChI=1S/C8H10N/c1-2-9-8-6-4-3-5-7-8/h3-7,9H,1-2H2. The number of rotatable bonds is 2. The van der Waals surface area contributed by atoms with Gasteiger partial charge in [0, 0.05) is 12.2 Å². The molecule has 1 aromatic carbocycles. The van der Waals surface area contributed by atoms with Gasteiger partial charge in [-0.25, -0.2) is 0 Å². The van der Waals surface area contributed by atoms with Gasteiger partial charge in [-0.2, -0.15) is 0 Å². The van der Waals surface area contributed by atoms with Crippen molar-refractivity contribution in [3.8, 4) is 0 Å². The van der Waals surface area contributed by atoms with E-state index in [0.717, 1.165) is 12.2 Å². The van der Waals surface area contributed by atoms with E-state index in [-0.39, 0.29) is 0 Å². The molecule has 9 heavy (non-hydrogen) atoms. The van der Waals surface area contributed by atoms with E-state index in [1.807, 2.05) is 30.3 Å². The molecule has 0 fully saturated rings. The molecule has 0 aliphatic carbocycles. The number of para-hydroxylation sites is 1. The molecule has 0 amide bonds. The van der Waals surface area contributed by atoms with Crippen LogP contribution in [0.5, 0.6) is 0 Å². The van der Waals surface area contributed by atoms with Crippen molar-refractivity contribution in [2.45, 2.75) is 0 Å². The van der Waals surface area contributed by atoms with E-state index in [1.165, 1.54) is 0 Å². The third-order valence-electron chi connectivity index (χ3n) is 1.10. The molecule has 0 aliphatic rings. The Hall–Kier alpha value is -0.980. The number of benzene rings is 1. The van der Waals surface area contributed by atoms with Crippen LogP contribution in [0.4, 0.5) is 5.69 Å². The second kappa shape index (κ2) is 3.13. The van der Waals surface area contributed by atoms with Crippen molar-refractivity contribution in [3.63, 3.8) is 0 Å². The van der Waals surface area contributed by atoms with Crippen LogP contribution < -0.4 is 5.32 Å². The fourth-order valence-corrected chi connectivity index (χ4v) is 0.700. The first kappa shape index (κ1) is 6.14. The molecule has 0 unspecified atom stereocenters. The van der Waals surface area contributed by atoms with Gasteiger partial charge in [0.25, 0.3) is 0 Å². The number of hydrogen-bond donors (Lipinski definition) is 1. The number of anilines is 1. The first-order valence-electron chi connectivity index (χ1n) is 3.01. The van der Waals surface area contributed by atoms with E-state index in [9.17, 15) is 0 Å². The van der Waals surface area contributed by atoms with Gasteiger partial charge in [-0.1, -0.05) is 18.2 Å². The maximum absolute atomic E-state index is 3.67. The van der Waals surface area contributed by atoms with Crippen LogP contribution in [0.3, 0.4) is 0 Å². The number of hydrogen-bond acceptors (Lipinski definition) is 1. The lowest BCUT2D eigenvalue weighted by atomic mass is 10.3. The van der Waals surface area contributed by atoms with Crippen LogP contribution in [-0.4, -0.2) is 6.54 Å². The molecule has 1 radical (unpaired) electrons. The third-order valence-corrected chi connectivity index (χ3v) is 1.10. The van der Waals surface area contributed by atoms with Gasteiger partial charge in [0.2, 0.25) is 0 Å². The molecule has 0 saturated heterocycles. The van der Waals surface area contributed by atoms with Gasteiger partial charge in [-0.05, 0) is 19.1 Å². The second-order valence-electron chi connectivity index (χ2n) is 1.79. The minimum Gasteiger partial charge on any atom is -0.385 e. The molecule has 0 atom stereocenters. The average molecular weight is 120 g/mol. The summed E-state index contributed by atoms with van der Waals surface area (Å²) in [6, 6.07) is 10.0. The van der Waals surface area contributed by atoms with Gasteiger partial charge in [0.15, 0.2) is 0 Å². The van der Waals surface area contributed by atoms with Gasteiger partial charge < -0.3 is 5.32 Å². The molecule has 0 heterocycles. The highest BCUT2D eigenvalue weighted by molar-refractivity contribution is 5.42. The normalized spacial score (nSPS) is 9.00. The lowest BCUT2D eigenvalue weighted by molar-refractivity contribution is 1.34. The third kappa shape index (κ3) is 1.76. The van der Waals surface area contributed by atoms with Crippen LogP contribution in [0, 0.1) is 6.92 Å². The Bertz CT molecular complexity index is 157. The van der Waals surface area contributed by atoms with E-state index >= 15 is 0 Å². The highest BCUT2D eigenvalue weighted by atomic mass is 14.8. The minimum atomic E-state index is 0.740.